The maximum Gasteiger partial charge on any atom is 0.187 e. The van der Waals surface area contributed by atoms with Crippen LogP contribution in [0.5, 0.6) is 0 Å². The third kappa shape index (κ3) is 3.61. The van der Waals surface area contributed by atoms with Gasteiger partial charge in [0.05, 0.1) is 12.4 Å². The van der Waals surface area contributed by atoms with Crippen LogP contribution in [0.1, 0.15) is 5.56 Å². The summed E-state index contributed by atoms with van der Waals surface area (Å²) in [5, 5.41) is 17.8. The molecule has 0 aliphatic rings. The van der Waals surface area contributed by atoms with Crippen molar-refractivity contribution in [3.05, 3.63) is 95.8 Å². The summed E-state index contributed by atoms with van der Waals surface area (Å²) in [6, 6.07) is 27.5. The van der Waals surface area contributed by atoms with E-state index in [1.165, 1.54) is 0 Å². The molecule has 28 heavy (non-hydrogen) atoms. The van der Waals surface area contributed by atoms with Gasteiger partial charge in [-0.3, -0.25) is 0 Å². The smallest absolute Gasteiger partial charge is 0.187 e. The summed E-state index contributed by atoms with van der Waals surface area (Å²) in [5.41, 5.74) is 3.64. The second-order valence-corrected chi connectivity index (χ2v) is 5.78. The third-order valence-electron chi connectivity index (χ3n) is 4.11. The molecule has 0 aliphatic heterocycles. The molecule has 0 atom stereocenters. The van der Waals surface area contributed by atoms with Crippen LogP contribution in [0.4, 0.5) is 5.69 Å². The molecule has 5 nitrogen and oxygen atoms in total. The molecule has 0 spiro atoms. The molecule has 0 fully saturated rings. The molecule has 0 saturated heterocycles. The van der Waals surface area contributed by atoms with E-state index >= 15 is 0 Å². The van der Waals surface area contributed by atoms with Gasteiger partial charge in [-0.15, -0.1) is 34.9 Å². The maximum atomic E-state index is 9.00. The zero-order valence-electron chi connectivity index (χ0n) is 14.5. The number of rotatable bonds is 3. The molecule has 0 amide bonds. The first-order valence-corrected chi connectivity index (χ1v) is 8.21. The fourth-order valence-corrected chi connectivity index (χ4v) is 2.79. The maximum absolute atomic E-state index is 9.00. The number of nitriles is 1. The van der Waals surface area contributed by atoms with Crippen LogP contribution in [0.25, 0.3) is 33.3 Å². The number of para-hydroxylation sites is 1. The average molecular weight is 539 g/mol. The quantitative estimate of drug-likeness (QED) is 0.352. The van der Waals surface area contributed by atoms with Crippen LogP contribution >= 0.6 is 0 Å². The molecule has 1 radical (unpaired) electrons. The molecule has 6 heteroatoms. The standard InChI is InChI=1S/C22H12N5.Ir/c1-24-19-13-11-18(12-14-19)22-26-25-21(17-9-7-16(15-23)8-10-17)27(22)20-5-3-2-4-6-20;/h2-9,11-14H;/q-1;. The van der Waals surface area contributed by atoms with Gasteiger partial charge in [-0.25, -0.2) is 10.1 Å². The van der Waals surface area contributed by atoms with Gasteiger partial charge in [0.1, 0.15) is 0 Å². The Morgan fingerprint density at radius 1 is 0.929 bits per heavy atom. The minimum absolute atomic E-state index is 0. The minimum atomic E-state index is 0. The Bertz CT molecular complexity index is 1090. The largest absolute Gasteiger partial charge is 0.316 e. The van der Waals surface area contributed by atoms with E-state index in [2.05, 4.69) is 27.2 Å². The minimum Gasteiger partial charge on any atom is -0.316 e. The fraction of sp³-hybridized carbons (Fsp3) is 0. The topological polar surface area (TPSA) is 58.9 Å². The summed E-state index contributed by atoms with van der Waals surface area (Å²) in [7, 11) is 0. The molecular weight excluding hydrogens is 526 g/mol. The molecule has 3 aromatic carbocycles. The van der Waals surface area contributed by atoms with E-state index in [4.69, 9.17) is 11.8 Å². The van der Waals surface area contributed by atoms with E-state index in [9.17, 15) is 0 Å². The molecular formula is C22H12IrN5-. The van der Waals surface area contributed by atoms with Crippen LogP contribution in [0.15, 0.2) is 72.8 Å². The summed E-state index contributed by atoms with van der Waals surface area (Å²) < 4.78 is 1.95. The predicted octanol–water partition coefficient (Wildman–Crippen LogP) is 4.82. The second-order valence-electron chi connectivity index (χ2n) is 5.78. The summed E-state index contributed by atoms with van der Waals surface area (Å²) in [5.74, 6) is 1.31. The van der Waals surface area contributed by atoms with Gasteiger partial charge in [0.15, 0.2) is 11.5 Å². The first-order chi connectivity index (χ1) is 13.3. The molecule has 0 saturated carbocycles. The predicted molar refractivity (Wildman–Crippen MR) is 102 cm³/mol. The van der Waals surface area contributed by atoms with E-state index in [-0.39, 0.29) is 20.1 Å². The molecule has 0 N–H and O–H groups in total. The molecule has 0 bridgehead atoms. The fourth-order valence-electron chi connectivity index (χ4n) is 2.79. The molecule has 4 rings (SSSR count). The normalized spacial score (nSPS) is 9.79. The van der Waals surface area contributed by atoms with E-state index < -0.39 is 0 Å². The number of hydrogen-bond donors (Lipinski definition) is 0. The SMILES string of the molecule is [C-]#[N+]c1ccc(-c2nnc(-c3[c-]cc(C#N)cc3)n2-c2ccccc2)cc1.[Ir]. The van der Waals surface area contributed by atoms with Gasteiger partial charge in [0.25, 0.3) is 0 Å². The van der Waals surface area contributed by atoms with E-state index in [1.54, 1.807) is 24.3 Å². The Morgan fingerprint density at radius 3 is 2.25 bits per heavy atom. The molecule has 1 heterocycles. The second kappa shape index (κ2) is 8.41. The van der Waals surface area contributed by atoms with Crippen LogP contribution in [0.2, 0.25) is 0 Å². The number of hydrogen-bond acceptors (Lipinski definition) is 3. The van der Waals surface area contributed by atoms with Crippen LogP contribution < -0.4 is 0 Å². The summed E-state index contributed by atoms with van der Waals surface area (Å²) in [4.78, 5) is 3.43. The van der Waals surface area contributed by atoms with Crippen molar-refractivity contribution in [2.45, 2.75) is 0 Å². The first-order valence-electron chi connectivity index (χ1n) is 8.21. The van der Waals surface area contributed by atoms with Crippen molar-refractivity contribution in [3.63, 3.8) is 0 Å². The van der Waals surface area contributed by atoms with Crippen molar-refractivity contribution in [1.29, 1.82) is 5.26 Å². The van der Waals surface area contributed by atoms with Gasteiger partial charge in [-0.1, -0.05) is 42.5 Å². The van der Waals surface area contributed by atoms with Gasteiger partial charge in [-0.05, 0) is 17.7 Å². The van der Waals surface area contributed by atoms with Crippen LogP contribution in [0.3, 0.4) is 0 Å². The third-order valence-corrected chi connectivity index (χ3v) is 4.11. The Morgan fingerprint density at radius 2 is 1.64 bits per heavy atom. The summed E-state index contributed by atoms with van der Waals surface area (Å²) in [6.45, 7) is 7.11. The van der Waals surface area contributed by atoms with Gasteiger partial charge in [0, 0.05) is 37.4 Å². The van der Waals surface area contributed by atoms with Gasteiger partial charge < -0.3 is 4.57 Å². The summed E-state index contributed by atoms with van der Waals surface area (Å²) in [6.07, 6.45) is 0. The van der Waals surface area contributed by atoms with Crippen molar-refractivity contribution in [2.75, 3.05) is 0 Å². The molecule has 135 valence electrons. The Kier molecular flexibility index (Phi) is 5.77. The average Bonchev–Trinajstić information content (AvgIpc) is 3.19. The van der Waals surface area contributed by atoms with E-state index in [0.29, 0.717) is 22.9 Å². The molecule has 4 aromatic rings. The molecule has 0 aliphatic carbocycles. The van der Waals surface area contributed by atoms with Gasteiger partial charge >= 0.3 is 0 Å². The molecule has 0 unspecified atom stereocenters. The Hall–Kier alpha value is -3.57. The Labute approximate surface area is 176 Å². The van der Waals surface area contributed by atoms with Crippen molar-refractivity contribution in [1.82, 2.24) is 14.8 Å². The van der Waals surface area contributed by atoms with Crippen molar-refractivity contribution in [3.8, 4) is 34.5 Å². The van der Waals surface area contributed by atoms with Crippen molar-refractivity contribution >= 4 is 5.69 Å². The van der Waals surface area contributed by atoms with Crippen molar-refractivity contribution < 1.29 is 20.1 Å². The van der Waals surface area contributed by atoms with E-state index in [0.717, 1.165) is 16.8 Å². The Balaban J connectivity index is 0.00000225. The zero-order chi connectivity index (χ0) is 18.6. The zero-order valence-corrected chi connectivity index (χ0v) is 16.9. The van der Waals surface area contributed by atoms with E-state index in [1.807, 2.05) is 53.1 Å². The molecule has 1 aromatic heterocycles. The van der Waals surface area contributed by atoms with Gasteiger partial charge in [-0.2, -0.15) is 5.10 Å². The van der Waals surface area contributed by atoms with Crippen LogP contribution in [-0.4, -0.2) is 14.8 Å². The monoisotopic (exact) mass is 539 g/mol. The van der Waals surface area contributed by atoms with Crippen molar-refractivity contribution in [2.24, 2.45) is 0 Å². The summed E-state index contributed by atoms with van der Waals surface area (Å²) >= 11 is 0. The number of nitrogens with zero attached hydrogens (tertiary/aromatic N) is 5. The van der Waals surface area contributed by atoms with Crippen LogP contribution in [-0.2, 0) is 20.1 Å². The number of benzene rings is 3. The first kappa shape index (κ1) is 19.2. The number of aromatic nitrogens is 3. The van der Waals surface area contributed by atoms with Crippen LogP contribution in [0, 0.1) is 24.0 Å². The van der Waals surface area contributed by atoms with Gasteiger partial charge in [0.2, 0.25) is 0 Å².